The van der Waals surface area contributed by atoms with Crippen molar-refractivity contribution in [1.29, 1.82) is 0 Å². The number of carbonyl (C=O) groups excluding carboxylic acids is 1. The van der Waals surface area contributed by atoms with E-state index in [-0.39, 0.29) is 30.0 Å². The number of ether oxygens (including phenoxy) is 2. The highest BCUT2D eigenvalue weighted by atomic mass is 35.5. The molecule has 0 atom stereocenters. The molecule has 0 bridgehead atoms. The van der Waals surface area contributed by atoms with E-state index in [1.54, 1.807) is 30.3 Å². The van der Waals surface area contributed by atoms with Gasteiger partial charge in [0.05, 0.1) is 22.7 Å². The number of nitro benzene ring substituents is 1. The molecule has 31 heavy (non-hydrogen) atoms. The highest BCUT2D eigenvalue weighted by Crippen LogP contribution is 2.34. The number of benzene rings is 2. The molecule has 1 aromatic heterocycles. The van der Waals surface area contributed by atoms with E-state index in [4.69, 9.17) is 25.5 Å². The van der Waals surface area contributed by atoms with Gasteiger partial charge >= 0.3 is 0 Å². The van der Waals surface area contributed by atoms with Crippen LogP contribution in [0.2, 0.25) is 5.02 Å². The molecule has 1 amide bonds. The molecule has 2 heterocycles. The summed E-state index contributed by atoms with van der Waals surface area (Å²) in [5, 5.41) is 17.8. The zero-order valence-electron chi connectivity index (χ0n) is 15.8. The van der Waals surface area contributed by atoms with Crippen molar-refractivity contribution in [3.8, 4) is 22.8 Å². The van der Waals surface area contributed by atoms with Crippen molar-refractivity contribution in [2.75, 3.05) is 18.7 Å². The van der Waals surface area contributed by atoms with E-state index in [2.05, 4.69) is 15.8 Å². The third-order valence-electron chi connectivity index (χ3n) is 4.26. The third-order valence-corrected chi connectivity index (χ3v) is 4.58. The molecule has 0 radical (unpaired) electrons. The number of furan rings is 1. The summed E-state index contributed by atoms with van der Waals surface area (Å²) in [5.74, 6) is 1.70. The number of non-ortho nitro benzene ring substituents is 1. The van der Waals surface area contributed by atoms with E-state index >= 15 is 0 Å². The van der Waals surface area contributed by atoms with Crippen molar-refractivity contribution in [1.82, 2.24) is 5.43 Å². The lowest BCUT2D eigenvalue weighted by Gasteiger charge is -2.06. The molecule has 0 saturated carbocycles. The van der Waals surface area contributed by atoms with E-state index in [9.17, 15) is 14.9 Å². The maximum absolute atomic E-state index is 12.0. The fourth-order valence-corrected chi connectivity index (χ4v) is 3.05. The van der Waals surface area contributed by atoms with Crippen LogP contribution in [0.5, 0.6) is 11.5 Å². The number of hydrogen-bond donors (Lipinski definition) is 2. The first-order valence-electron chi connectivity index (χ1n) is 8.99. The smallest absolute Gasteiger partial charge is 0.270 e. The molecular weight excluding hydrogens is 428 g/mol. The lowest BCUT2D eigenvalue weighted by atomic mass is 10.1. The summed E-state index contributed by atoms with van der Waals surface area (Å²) < 4.78 is 16.1. The van der Waals surface area contributed by atoms with E-state index in [1.165, 1.54) is 24.4 Å². The Balaban J connectivity index is 1.31. The molecule has 0 aliphatic carbocycles. The van der Waals surface area contributed by atoms with Gasteiger partial charge in [0.15, 0.2) is 11.5 Å². The van der Waals surface area contributed by atoms with Gasteiger partial charge in [-0.15, -0.1) is 0 Å². The van der Waals surface area contributed by atoms with Crippen LogP contribution in [0.15, 0.2) is 58.0 Å². The second kappa shape index (κ2) is 8.76. The Morgan fingerprint density at radius 1 is 1.16 bits per heavy atom. The second-order valence-electron chi connectivity index (χ2n) is 6.34. The van der Waals surface area contributed by atoms with Crippen molar-refractivity contribution in [2.45, 2.75) is 0 Å². The number of halogens is 1. The van der Waals surface area contributed by atoms with Gasteiger partial charge in [0, 0.05) is 29.4 Å². The van der Waals surface area contributed by atoms with Crippen molar-refractivity contribution in [3.05, 3.63) is 69.4 Å². The molecular formula is C20H15ClN4O6. The number of amides is 1. The topological polar surface area (TPSA) is 128 Å². The predicted octanol–water partition coefficient (Wildman–Crippen LogP) is 3.80. The SMILES string of the molecule is O=C(CNc1ccc2c(c1)OCO2)NN=Cc1ccc(-c2ccc([N+](=O)[O-])cc2Cl)o1. The van der Waals surface area contributed by atoms with E-state index in [1.807, 2.05) is 0 Å². The van der Waals surface area contributed by atoms with Crippen molar-refractivity contribution >= 4 is 35.1 Å². The molecule has 0 fully saturated rings. The zero-order chi connectivity index (χ0) is 21.8. The van der Waals surface area contributed by atoms with Crippen LogP contribution in [-0.4, -0.2) is 30.4 Å². The molecule has 0 saturated heterocycles. The fraction of sp³-hybridized carbons (Fsp3) is 0.100. The molecule has 3 aromatic rings. The lowest BCUT2D eigenvalue weighted by Crippen LogP contribution is -2.25. The number of hydrazone groups is 1. The van der Waals surface area contributed by atoms with Crippen LogP contribution in [0.25, 0.3) is 11.3 Å². The molecule has 10 nitrogen and oxygen atoms in total. The molecule has 4 rings (SSSR count). The van der Waals surface area contributed by atoms with Gasteiger partial charge in [0.1, 0.15) is 11.5 Å². The van der Waals surface area contributed by atoms with Gasteiger partial charge in [-0.1, -0.05) is 11.6 Å². The van der Waals surface area contributed by atoms with Gasteiger partial charge in [-0.2, -0.15) is 5.10 Å². The number of fused-ring (bicyclic) bond motifs is 1. The monoisotopic (exact) mass is 442 g/mol. The van der Waals surface area contributed by atoms with Gasteiger partial charge in [0.2, 0.25) is 6.79 Å². The Morgan fingerprint density at radius 2 is 2.00 bits per heavy atom. The molecule has 0 spiro atoms. The number of nitrogens with zero attached hydrogens (tertiary/aromatic N) is 2. The van der Waals surface area contributed by atoms with E-state index in [0.717, 1.165) is 0 Å². The third kappa shape index (κ3) is 4.75. The predicted molar refractivity (Wildman–Crippen MR) is 113 cm³/mol. The molecule has 158 valence electrons. The first kappa shape index (κ1) is 20.2. The normalized spacial score (nSPS) is 12.2. The highest BCUT2D eigenvalue weighted by Gasteiger charge is 2.14. The number of carbonyl (C=O) groups is 1. The lowest BCUT2D eigenvalue weighted by molar-refractivity contribution is -0.384. The molecule has 11 heteroatoms. The van der Waals surface area contributed by atoms with E-state index in [0.29, 0.717) is 34.3 Å². The Morgan fingerprint density at radius 3 is 2.81 bits per heavy atom. The molecule has 2 aromatic carbocycles. The summed E-state index contributed by atoms with van der Waals surface area (Å²) in [7, 11) is 0. The number of hydrogen-bond acceptors (Lipinski definition) is 8. The van der Waals surface area contributed by atoms with Crippen LogP contribution in [0.1, 0.15) is 5.76 Å². The fourth-order valence-electron chi connectivity index (χ4n) is 2.78. The first-order chi connectivity index (χ1) is 15.0. The van der Waals surface area contributed by atoms with E-state index < -0.39 is 4.92 Å². The van der Waals surface area contributed by atoms with Gasteiger partial charge in [-0.25, -0.2) is 5.43 Å². The first-order valence-corrected chi connectivity index (χ1v) is 9.37. The van der Waals surface area contributed by atoms with Gasteiger partial charge in [0.25, 0.3) is 11.6 Å². The van der Waals surface area contributed by atoms with Crippen molar-refractivity contribution in [2.24, 2.45) is 5.10 Å². The van der Waals surface area contributed by atoms with Crippen LogP contribution in [-0.2, 0) is 4.79 Å². The second-order valence-corrected chi connectivity index (χ2v) is 6.75. The van der Waals surface area contributed by atoms with Crippen molar-refractivity contribution < 1.29 is 23.6 Å². The average molecular weight is 443 g/mol. The number of rotatable bonds is 7. The Hall–Kier alpha value is -4.05. The summed E-state index contributed by atoms with van der Waals surface area (Å²) in [6.07, 6.45) is 1.33. The minimum Gasteiger partial charge on any atom is -0.455 e. The minimum absolute atomic E-state index is 0.00120. The van der Waals surface area contributed by atoms with Crippen LogP contribution in [0, 0.1) is 10.1 Å². The Bertz CT molecular complexity index is 1180. The summed E-state index contributed by atoms with van der Waals surface area (Å²) in [6.45, 7) is 0.178. The Kier molecular flexibility index (Phi) is 5.72. The van der Waals surface area contributed by atoms with Gasteiger partial charge < -0.3 is 19.2 Å². The van der Waals surface area contributed by atoms with Crippen LogP contribution in [0.4, 0.5) is 11.4 Å². The largest absolute Gasteiger partial charge is 0.455 e. The standard InChI is InChI=1S/C20H15ClN4O6/c21-16-8-13(25(27)28)2-4-15(16)17-6-3-14(31-17)9-23-24-20(26)10-22-12-1-5-18-19(7-12)30-11-29-18/h1-9,22H,10-11H2,(H,24,26). The van der Waals surface area contributed by atoms with Gasteiger partial charge in [-0.05, 0) is 30.3 Å². The summed E-state index contributed by atoms with van der Waals surface area (Å²) in [6, 6.07) is 12.6. The average Bonchev–Trinajstić information content (AvgIpc) is 3.41. The summed E-state index contributed by atoms with van der Waals surface area (Å²) >= 11 is 6.10. The maximum Gasteiger partial charge on any atom is 0.270 e. The summed E-state index contributed by atoms with van der Waals surface area (Å²) in [4.78, 5) is 22.2. The minimum atomic E-state index is -0.528. The number of nitrogens with one attached hydrogen (secondary N) is 2. The zero-order valence-corrected chi connectivity index (χ0v) is 16.6. The molecule has 0 unspecified atom stereocenters. The molecule has 1 aliphatic heterocycles. The van der Waals surface area contributed by atoms with Gasteiger partial charge in [-0.3, -0.25) is 14.9 Å². The molecule has 2 N–H and O–H groups in total. The van der Waals surface area contributed by atoms with Crippen LogP contribution < -0.4 is 20.2 Å². The van der Waals surface area contributed by atoms with Crippen LogP contribution >= 0.6 is 11.6 Å². The maximum atomic E-state index is 12.0. The molecule has 1 aliphatic rings. The number of anilines is 1. The van der Waals surface area contributed by atoms with Crippen LogP contribution in [0.3, 0.4) is 0 Å². The highest BCUT2D eigenvalue weighted by molar-refractivity contribution is 6.33. The Labute approximate surface area is 180 Å². The summed E-state index contributed by atoms with van der Waals surface area (Å²) in [5.41, 5.74) is 3.48. The number of nitro groups is 1. The van der Waals surface area contributed by atoms with Crippen molar-refractivity contribution in [3.63, 3.8) is 0 Å². The quantitative estimate of drug-likeness (QED) is 0.323.